The van der Waals surface area contributed by atoms with Crippen LogP contribution in [-0.2, 0) is 9.59 Å². The average molecular weight is 386 g/mol. The third-order valence-corrected chi connectivity index (χ3v) is 6.63. The highest BCUT2D eigenvalue weighted by Gasteiger charge is 2.35. The van der Waals surface area contributed by atoms with Gasteiger partial charge in [0.15, 0.2) is 0 Å². The second kappa shape index (κ2) is 8.41. The maximum absolute atomic E-state index is 13.0. The maximum Gasteiger partial charge on any atom is 0.225 e. The second-order valence-corrected chi connectivity index (χ2v) is 8.21. The molecule has 1 saturated carbocycles. The molecule has 2 saturated heterocycles. The minimum absolute atomic E-state index is 0.0725. The molecule has 0 aromatic heterocycles. The molecule has 0 radical (unpaired) electrons. The molecule has 0 bridgehead atoms. The maximum atomic E-state index is 13.0. The molecule has 1 aromatic carbocycles. The zero-order chi connectivity index (χ0) is 19.5. The van der Waals surface area contributed by atoms with Crippen molar-refractivity contribution >= 4 is 17.5 Å². The number of hydrogen-bond donors (Lipinski definition) is 0. The van der Waals surface area contributed by atoms with E-state index >= 15 is 0 Å². The molecule has 1 aromatic rings. The number of piperidine rings is 1. The summed E-state index contributed by atoms with van der Waals surface area (Å²) >= 11 is 0. The van der Waals surface area contributed by atoms with Crippen molar-refractivity contribution in [2.45, 2.75) is 32.1 Å². The Bertz CT molecular complexity index is 703. The summed E-state index contributed by atoms with van der Waals surface area (Å²) in [6.07, 6.45) is 4.91. The van der Waals surface area contributed by atoms with E-state index in [0.717, 1.165) is 76.4 Å². The number of ether oxygens (including phenoxy) is 1. The molecule has 3 fully saturated rings. The van der Waals surface area contributed by atoms with E-state index in [4.69, 9.17) is 4.74 Å². The standard InChI is InChI=1S/C22H31N3O3/c1-28-20-8-3-2-7-19(20)23-13-15-25(16-14-23)22(27)18-9-11-24(12-10-18)21(26)17-5-4-6-17/h2-3,7-8,17-18H,4-6,9-16H2,1H3. The van der Waals surface area contributed by atoms with Gasteiger partial charge in [-0.2, -0.15) is 0 Å². The van der Waals surface area contributed by atoms with Crippen molar-refractivity contribution in [1.29, 1.82) is 0 Å². The molecular formula is C22H31N3O3. The summed E-state index contributed by atoms with van der Waals surface area (Å²) in [5, 5.41) is 0. The van der Waals surface area contributed by atoms with E-state index in [-0.39, 0.29) is 17.7 Å². The van der Waals surface area contributed by atoms with Crippen LogP contribution in [0.15, 0.2) is 24.3 Å². The van der Waals surface area contributed by atoms with Crippen LogP contribution in [0.5, 0.6) is 5.75 Å². The van der Waals surface area contributed by atoms with Crippen LogP contribution in [0, 0.1) is 11.8 Å². The summed E-state index contributed by atoms with van der Waals surface area (Å²) in [7, 11) is 1.70. The number of likely N-dealkylation sites (tertiary alicyclic amines) is 1. The summed E-state index contributed by atoms with van der Waals surface area (Å²) in [4.78, 5) is 31.7. The van der Waals surface area contributed by atoms with Gasteiger partial charge in [-0.25, -0.2) is 0 Å². The number of nitrogens with zero attached hydrogens (tertiary/aromatic N) is 3. The minimum atomic E-state index is 0.0725. The number of para-hydroxylation sites is 2. The molecule has 6 nitrogen and oxygen atoms in total. The first-order valence-corrected chi connectivity index (χ1v) is 10.6. The van der Waals surface area contributed by atoms with E-state index in [1.165, 1.54) is 6.42 Å². The Morgan fingerprint density at radius 2 is 1.39 bits per heavy atom. The Balaban J connectivity index is 1.27. The molecule has 0 spiro atoms. The zero-order valence-corrected chi connectivity index (χ0v) is 16.8. The molecule has 6 heteroatoms. The molecule has 1 aliphatic carbocycles. The topological polar surface area (TPSA) is 53.1 Å². The van der Waals surface area contributed by atoms with Crippen LogP contribution < -0.4 is 9.64 Å². The van der Waals surface area contributed by atoms with E-state index < -0.39 is 0 Å². The summed E-state index contributed by atoms with van der Waals surface area (Å²) in [6, 6.07) is 8.05. The molecule has 4 rings (SSSR count). The SMILES string of the molecule is COc1ccccc1N1CCN(C(=O)C2CCN(C(=O)C3CCC3)CC2)CC1. The van der Waals surface area contributed by atoms with Crippen molar-refractivity contribution in [3.8, 4) is 5.75 Å². The van der Waals surface area contributed by atoms with Gasteiger partial charge in [-0.1, -0.05) is 18.6 Å². The van der Waals surface area contributed by atoms with Gasteiger partial charge in [0.1, 0.15) is 5.75 Å². The molecule has 152 valence electrons. The Morgan fingerprint density at radius 3 is 1.96 bits per heavy atom. The molecule has 0 atom stereocenters. The minimum Gasteiger partial charge on any atom is -0.495 e. The van der Waals surface area contributed by atoms with Crippen molar-refractivity contribution in [3.05, 3.63) is 24.3 Å². The number of rotatable bonds is 4. The largest absolute Gasteiger partial charge is 0.495 e. The van der Waals surface area contributed by atoms with Crippen LogP contribution >= 0.6 is 0 Å². The molecular weight excluding hydrogens is 354 g/mol. The van der Waals surface area contributed by atoms with Crippen molar-refractivity contribution in [2.75, 3.05) is 51.3 Å². The highest BCUT2D eigenvalue weighted by molar-refractivity contribution is 5.81. The van der Waals surface area contributed by atoms with Gasteiger partial charge in [-0.05, 0) is 37.8 Å². The third kappa shape index (κ3) is 3.82. The summed E-state index contributed by atoms with van der Waals surface area (Å²) in [5.41, 5.74) is 1.10. The van der Waals surface area contributed by atoms with Gasteiger partial charge in [0.25, 0.3) is 0 Å². The quantitative estimate of drug-likeness (QED) is 0.799. The van der Waals surface area contributed by atoms with Gasteiger partial charge in [0.2, 0.25) is 11.8 Å². The summed E-state index contributed by atoms with van der Waals surface area (Å²) in [5.74, 6) is 1.81. The highest BCUT2D eigenvalue weighted by atomic mass is 16.5. The number of hydrogen-bond acceptors (Lipinski definition) is 4. The smallest absolute Gasteiger partial charge is 0.225 e. The fourth-order valence-corrected chi connectivity index (χ4v) is 4.58. The van der Waals surface area contributed by atoms with Gasteiger partial charge in [0, 0.05) is 51.1 Å². The fourth-order valence-electron chi connectivity index (χ4n) is 4.58. The van der Waals surface area contributed by atoms with Crippen molar-refractivity contribution < 1.29 is 14.3 Å². The molecule has 2 amide bonds. The Hall–Kier alpha value is -2.24. The molecule has 3 aliphatic rings. The number of piperazine rings is 1. The molecule has 0 unspecified atom stereocenters. The van der Waals surface area contributed by atoms with Gasteiger partial charge in [-0.15, -0.1) is 0 Å². The Labute approximate surface area is 167 Å². The van der Waals surface area contributed by atoms with E-state index in [1.54, 1.807) is 7.11 Å². The van der Waals surface area contributed by atoms with Crippen LogP contribution in [-0.4, -0.2) is 68.0 Å². The zero-order valence-electron chi connectivity index (χ0n) is 16.8. The van der Waals surface area contributed by atoms with E-state index in [1.807, 2.05) is 28.0 Å². The molecule has 2 aliphatic heterocycles. The lowest BCUT2D eigenvalue weighted by atomic mass is 9.83. The van der Waals surface area contributed by atoms with Crippen molar-refractivity contribution in [1.82, 2.24) is 9.80 Å². The highest BCUT2D eigenvalue weighted by Crippen LogP contribution is 2.31. The predicted octanol–water partition coefficient (Wildman–Crippen LogP) is 2.38. The number of carbonyl (C=O) groups is 2. The first-order valence-electron chi connectivity index (χ1n) is 10.6. The lowest BCUT2D eigenvalue weighted by molar-refractivity contribution is -0.144. The summed E-state index contributed by atoms with van der Waals surface area (Å²) in [6.45, 7) is 4.63. The summed E-state index contributed by atoms with van der Waals surface area (Å²) < 4.78 is 5.47. The van der Waals surface area contributed by atoms with Gasteiger partial charge < -0.3 is 19.4 Å². The lowest BCUT2D eigenvalue weighted by Crippen LogP contribution is -2.52. The Morgan fingerprint density at radius 1 is 0.821 bits per heavy atom. The predicted molar refractivity (Wildman–Crippen MR) is 108 cm³/mol. The van der Waals surface area contributed by atoms with Gasteiger partial charge in [-0.3, -0.25) is 9.59 Å². The number of carbonyl (C=O) groups excluding carboxylic acids is 2. The first-order chi connectivity index (χ1) is 13.7. The Kier molecular flexibility index (Phi) is 5.74. The van der Waals surface area contributed by atoms with Crippen LogP contribution in [0.25, 0.3) is 0 Å². The first kappa shape index (κ1) is 19.1. The molecule has 0 N–H and O–H groups in total. The van der Waals surface area contributed by atoms with Crippen LogP contribution in [0.4, 0.5) is 5.69 Å². The number of amides is 2. The average Bonchev–Trinajstić information content (AvgIpc) is 2.72. The van der Waals surface area contributed by atoms with Crippen molar-refractivity contribution in [3.63, 3.8) is 0 Å². The van der Waals surface area contributed by atoms with Crippen molar-refractivity contribution in [2.24, 2.45) is 11.8 Å². The number of methoxy groups -OCH3 is 1. The van der Waals surface area contributed by atoms with E-state index in [2.05, 4.69) is 11.0 Å². The third-order valence-electron chi connectivity index (χ3n) is 6.63. The molecule has 28 heavy (non-hydrogen) atoms. The monoisotopic (exact) mass is 385 g/mol. The van der Waals surface area contributed by atoms with Crippen LogP contribution in [0.1, 0.15) is 32.1 Å². The number of benzene rings is 1. The normalized spacial score (nSPS) is 21.4. The fraction of sp³-hybridized carbons (Fsp3) is 0.636. The number of anilines is 1. The van der Waals surface area contributed by atoms with Crippen LogP contribution in [0.2, 0.25) is 0 Å². The van der Waals surface area contributed by atoms with Gasteiger partial charge >= 0.3 is 0 Å². The second-order valence-electron chi connectivity index (χ2n) is 8.21. The molecule has 2 heterocycles. The van der Waals surface area contributed by atoms with E-state index in [9.17, 15) is 9.59 Å². The van der Waals surface area contributed by atoms with Gasteiger partial charge in [0.05, 0.1) is 12.8 Å². The van der Waals surface area contributed by atoms with Crippen LogP contribution in [0.3, 0.4) is 0 Å². The lowest BCUT2D eigenvalue weighted by Gasteiger charge is -2.40. The van der Waals surface area contributed by atoms with E-state index in [0.29, 0.717) is 5.91 Å².